The number of nitrogens with zero attached hydrogens (tertiary/aromatic N) is 1. The number of carbonyl (C=O) groups excluding carboxylic acids is 2. The van der Waals surface area contributed by atoms with Gasteiger partial charge in [-0.1, -0.05) is 49.4 Å². The molecule has 7 heteroatoms. The van der Waals surface area contributed by atoms with E-state index in [-0.39, 0.29) is 22.1 Å². The van der Waals surface area contributed by atoms with Crippen LogP contribution in [0.25, 0.3) is 0 Å². The number of rotatable bonds is 6. The lowest BCUT2D eigenvalue weighted by Crippen LogP contribution is -2.40. The van der Waals surface area contributed by atoms with E-state index in [2.05, 4.69) is 0 Å². The van der Waals surface area contributed by atoms with Gasteiger partial charge in [0.25, 0.3) is 5.91 Å². The molecule has 1 fully saturated rings. The summed E-state index contributed by atoms with van der Waals surface area (Å²) in [7, 11) is -3.61. The first kappa shape index (κ1) is 21.0. The van der Waals surface area contributed by atoms with Gasteiger partial charge >= 0.3 is 5.97 Å². The minimum Gasteiger partial charge on any atom is -0.444 e. The maximum atomic E-state index is 13.1. The van der Waals surface area contributed by atoms with E-state index in [1.54, 1.807) is 41.3 Å². The van der Waals surface area contributed by atoms with Gasteiger partial charge in [0.2, 0.25) is 6.10 Å². The molecule has 1 atom stereocenters. The molecule has 0 saturated carbocycles. The van der Waals surface area contributed by atoms with Crippen LogP contribution in [0, 0.1) is 0 Å². The van der Waals surface area contributed by atoms with Gasteiger partial charge in [0, 0.05) is 18.7 Å². The Kier molecular flexibility index (Phi) is 6.69. The molecule has 1 amide bonds. The molecule has 0 bridgehead atoms. The summed E-state index contributed by atoms with van der Waals surface area (Å²) in [6.07, 6.45) is 1.79. The number of esters is 1. The third-order valence-corrected chi connectivity index (χ3v) is 6.83. The molecule has 1 heterocycles. The van der Waals surface area contributed by atoms with Gasteiger partial charge in [-0.25, -0.2) is 13.2 Å². The van der Waals surface area contributed by atoms with Crippen LogP contribution in [-0.4, -0.2) is 44.0 Å². The van der Waals surface area contributed by atoms with Crippen LogP contribution < -0.4 is 0 Å². The molecule has 6 nitrogen and oxygen atoms in total. The van der Waals surface area contributed by atoms with E-state index in [4.69, 9.17) is 4.74 Å². The molecular weight excluding hydrogens is 390 g/mol. The summed E-state index contributed by atoms with van der Waals surface area (Å²) >= 11 is 0. The third kappa shape index (κ3) is 4.85. The summed E-state index contributed by atoms with van der Waals surface area (Å²) in [5.74, 6) is -1.23. The Labute approximate surface area is 171 Å². The van der Waals surface area contributed by atoms with Crippen LogP contribution in [-0.2, 0) is 19.4 Å². The average molecular weight is 416 g/mol. The molecular formula is C22H25NO5S. The highest BCUT2D eigenvalue weighted by Crippen LogP contribution is 2.26. The summed E-state index contributed by atoms with van der Waals surface area (Å²) in [6.45, 7) is 2.77. The zero-order chi connectivity index (χ0) is 20.9. The Balaban J connectivity index is 1.93. The SMILES string of the molecule is CCS(=O)(=O)c1ccccc1C(=O)O[C@H](C(=O)N1CCCCC1)c1ccccc1. The van der Waals surface area contributed by atoms with Gasteiger partial charge in [-0.3, -0.25) is 4.79 Å². The summed E-state index contributed by atoms with van der Waals surface area (Å²) in [5.41, 5.74) is 0.508. The van der Waals surface area contributed by atoms with E-state index in [0.717, 1.165) is 19.3 Å². The Morgan fingerprint density at radius 3 is 2.24 bits per heavy atom. The molecule has 29 heavy (non-hydrogen) atoms. The normalized spacial score (nSPS) is 15.6. The Morgan fingerprint density at radius 1 is 0.966 bits per heavy atom. The summed E-state index contributed by atoms with van der Waals surface area (Å²) < 4.78 is 30.4. The lowest BCUT2D eigenvalue weighted by Gasteiger charge is -2.30. The molecule has 3 rings (SSSR count). The minimum absolute atomic E-state index is 0.0540. The van der Waals surface area contributed by atoms with Gasteiger partial charge in [-0.05, 0) is 31.4 Å². The van der Waals surface area contributed by atoms with Gasteiger partial charge in [-0.2, -0.15) is 0 Å². The molecule has 1 saturated heterocycles. The number of hydrogen-bond acceptors (Lipinski definition) is 5. The predicted octanol–water partition coefficient (Wildman–Crippen LogP) is 3.39. The van der Waals surface area contributed by atoms with Gasteiger partial charge in [0.15, 0.2) is 9.84 Å². The zero-order valence-corrected chi connectivity index (χ0v) is 17.2. The molecule has 1 aliphatic rings. The highest BCUT2D eigenvalue weighted by Gasteiger charge is 2.32. The molecule has 0 unspecified atom stereocenters. The van der Waals surface area contributed by atoms with Gasteiger partial charge < -0.3 is 9.64 Å². The maximum Gasteiger partial charge on any atom is 0.340 e. The Morgan fingerprint density at radius 2 is 1.59 bits per heavy atom. The lowest BCUT2D eigenvalue weighted by molar-refractivity contribution is -0.142. The van der Waals surface area contributed by atoms with Crippen molar-refractivity contribution in [3.8, 4) is 0 Å². The van der Waals surface area contributed by atoms with Gasteiger partial charge in [-0.15, -0.1) is 0 Å². The summed E-state index contributed by atoms with van der Waals surface area (Å²) in [6, 6.07) is 14.8. The molecule has 0 spiro atoms. The van der Waals surface area contributed by atoms with Crippen molar-refractivity contribution in [1.82, 2.24) is 4.90 Å². The number of ether oxygens (including phenoxy) is 1. The van der Waals surface area contributed by atoms with Crippen LogP contribution in [0.15, 0.2) is 59.5 Å². The van der Waals surface area contributed by atoms with E-state index >= 15 is 0 Å². The average Bonchev–Trinajstić information content (AvgIpc) is 2.78. The van der Waals surface area contributed by atoms with Crippen molar-refractivity contribution in [3.05, 3.63) is 65.7 Å². The van der Waals surface area contributed by atoms with Crippen LogP contribution in [0.5, 0.6) is 0 Å². The van der Waals surface area contributed by atoms with E-state index in [9.17, 15) is 18.0 Å². The number of carbonyl (C=O) groups is 2. The van der Waals surface area contributed by atoms with Crippen molar-refractivity contribution in [2.75, 3.05) is 18.8 Å². The number of amides is 1. The van der Waals surface area contributed by atoms with E-state index in [1.165, 1.54) is 19.1 Å². The summed E-state index contributed by atoms with van der Waals surface area (Å²) in [4.78, 5) is 27.7. The first-order valence-electron chi connectivity index (χ1n) is 9.80. The zero-order valence-electron chi connectivity index (χ0n) is 16.4. The molecule has 1 aliphatic heterocycles. The number of sulfone groups is 1. The topological polar surface area (TPSA) is 80.7 Å². The molecule has 154 valence electrons. The highest BCUT2D eigenvalue weighted by atomic mass is 32.2. The van der Waals surface area contributed by atoms with Crippen molar-refractivity contribution < 1.29 is 22.7 Å². The van der Waals surface area contributed by atoms with Crippen LogP contribution >= 0.6 is 0 Å². The first-order valence-corrected chi connectivity index (χ1v) is 11.5. The fourth-order valence-electron chi connectivity index (χ4n) is 3.40. The van der Waals surface area contributed by atoms with Crippen LogP contribution in [0.3, 0.4) is 0 Å². The lowest BCUT2D eigenvalue weighted by atomic mass is 10.1. The van der Waals surface area contributed by atoms with Gasteiger partial charge in [0.1, 0.15) is 0 Å². The van der Waals surface area contributed by atoms with Crippen LogP contribution in [0.4, 0.5) is 0 Å². The fourth-order valence-corrected chi connectivity index (χ4v) is 4.48. The third-order valence-electron chi connectivity index (χ3n) is 5.04. The molecule has 2 aromatic rings. The monoisotopic (exact) mass is 415 g/mol. The minimum atomic E-state index is -3.61. The largest absolute Gasteiger partial charge is 0.444 e. The molecule has 0 radical (unpaired) electrons. The van der Waals surface area contributed by atoms with E-state index in [0.29, 0.717) is 18.7 Å². The fraction of sp³-hybridized carbons (Fsp3) is 0.364. The molecule has 0 N–H and O–H groups in total. The second-order valence-corrected chi connectivity index (χ2v) is 9.23. The Bertz CT molecular complexity index is 966. The second-order valence-electron chi connectivity index (χ2n) is 6.98. The van der Waals surface area contributed by atoms with Crippen LogP contribution in [0.2, 0.25) is 0 Å². The van der Waals surface area contributed by atoms with Crippen molar-refractivity contribution in [2.24, 2.45) is 0 Å². The molecule has 2 aromatic carbocycles. The van der Waals surface area contributed by atoms with Crippen LogP contribution in [0.1, 0.15) is 48.2 Å². The molecule has 0 aliphatic carbocycles. The van der Waals surface area contributed by atoms with Crippen molar-refractivity contribution in [3.63, 3.8) is 0 Å². The van der Waals surface area contributed by atoms with Crippen molar-refractivity contribution in [2.45, 2.75) is 37.2 Å². The predicted molar refractivity (Wildman–Crippen MR) is 109 cm³/mol. The number of likely N-dealkylation sites (tertiary alicyclic amines) is 1. The number of benzene rings is 2. The molecule has 0 aromatic heterocycles. The second kappa shape index (κ2) is 9.22. The Hall–Kier alpha value is -2.67. The first-order chi connectivity index (χ1) is 13.9. The quantitative estimate of drug-likeness (QED) is 0.676. The standard InChI is InChI=1S/C22H25NO5S/c1-2-29(26,27)19-14-8-7-13-18(19)22(25)28-20(17-11-5-3-6-12-17)21(24)23-15-9-4-10-16-23/h3,5-8,11-14,20H,2,4,9-10,15-16H2,1H3/t20-/m0/s1. The number of piperidine rings is 1. The van der Waals surface area contributed by atoms with Gasteiger partial charge in [0.05, 0.1) is 16.2 Å². The smallest absolute Gasteiger partial charge is 0.340 e. The highest BCUT2D eigenvalue weighted by molar-refractivity contribution is 7.91. The van der Waals surface area contributed by atoms with Crippen molar-refractivity contribution in [1.29, 1.82) is 0 Å². The van der Waals surface area contributed by atoms with E-state index < -0.39 is 21.9 Å². The maximum absolute atomic E-state index is 13.1. The van der Waals surface area contributed by atoms with Crippen molar-refractivity contribution >= 4 is 21.7 Å². The van der Waals surface area contributed by atoms with E-state index in [1.807, 2.05) is 6.07 Å². The number of hydrogen-bond donors (Lipinski definition) is 0. The summed E-state index contributed by atoms with van der Waals surface area (Å²) in [5, 5.41) is 0.